The molecule has 2 atom stereocenters. The topological polar surface area (TPSA) is 87.3 Å². The van der Waals surface area contributed by atoms with Crippen molar-refractivity contribution in [3.05, 3.63) is 22.0 Å². The van der Waals surface area contributed by atoms with Crippen molar-refractivity contribution in [3.8, 4) is 0 Å². The van der Waals surface area contributed by atoms with Gasteiger partial charge in [-0.1, -0.05) is 6.42 Å². The fourth-order valence-corrected chi connectivity index (χ4v) is 2.66. The number of hydrogen-bond donors (Lipinski definition) is 0. The third-order valence-corrected chi connectivity index (χ3v) is 3.70. The highest BCUT2D eigenvalue weighted by Crippen LogP contribution is 2.35. The molecule has 0 saturated heterocycles. The van der Waals surface area contributed by atoms with Crippen LogP contribution in [0.5, 0.6) is 0 Å². The van der Waals surface area contributed by atoms with Gasteiger partial charge in [0, 0.05) is 0 Å². The predicted octanol–water partition coefficient (Wildman–Crippen LogP) is 2.63. The second-order valence-corrected chi connectivity index (χ2v) is 4.98. The number of halogens is 2. The molecule has 7 nitrogen and oxygen atoms in total. The summed E-state index contributed by atoms with van der Waals surface area (Å²) in [6.07, 6.45) is 0.400. The number of methoxy groups -OCH3 is 1. The fraction of sp³-hybridized carbons (Fsp3) is 0.667. The van der Waals surface area contributed by atoms with E-state index in [1.165, 1.54) is 11.8 Å². The second kappa shape index (κ2) is 6.15. The maximum Gasteiger partial charge on any atom is 0.316 e. The first-order chi connectivity index (χ1) is 9.93. The number of aromatic nitrogens is 2. The molecule has 21 heavy (non-hydrogen) atoms. The first-order valence-electron chi connectivity index (χ1n) is 6.53. The largest absolute Gasteiger partial charge is 0.469 e. The van der Waals surface area contributed by atoms with Crippen LogP contribution in [-0.2, 0) is 9.53 Å². The van der Waals surface area contributed by atoms with E-state index in [0.717, 1.165) is 6.20 Å². The number of rotatable bonds is 4. The lowest BCUT2D eigenvalue weighted by Crippen LogP contribution is -2.26. The highest BCUT2D eigenvalue weighted by atomic mass is 19.3. The molecule has 0 aliphatic heterocycles. The molecular formula is C12H15F2N3O4. The first-order valence-corrected chi connectivity index (χ1v) is 6.53. The Hall–Kier alpha value is -2.06. The minimum atomic E-state index is -3.01. The van der Waals surface area contributed by atoms with Crippen molar-refractivity contribution in [2.75, 3.05) is 7.11 Å². The molecule has 1 fully saturated rings. The number of carbonyl (C=O) groups is 1. The van der Waals surface area contributed by atoms with Crippen LogP contribution in [-0.4, -0.2) is 27.8 Å². The van der Waals surface area contributed by atoms with Crippen LogP contribution in [0.4, 0.5) is 14.5 Å². The zero-order chi connectivity index (χ0) is 15.6. The van der Waals surface area contributed by atoms with Crippen molar-refractivity contribution >= 4 is 11.7 Å². The Labute approximate surface area is 119 Å². The quantitative estimate of drug-likeness (QED) is 0.485. The van der Waals surface area contributed by atoms with Crippen LogP contribution >= 0.6 is 0 Å². The lowest BCUT2D eigenvalue weighted by Gasteiger charge is -2.27. The Bertz CT molecular complexity index is 547. The molecule has 0 amide bonds. The molecule has 1 aromatic heterocycles. The number of nitrogens with zero attached hydrogens (tertiary/aromatic N) is 3. The summed E-state index contributed by atoms with van der Waals surface area (Å²) in [5, 5.41) is 14.4. The molecular weight excluding hydrogens is 288 g/mol. The van der Waals surface area contributed by atoms with Crippen molar-refractivity contribution in [3.63, 3.8) is 0 Å². The van der Waals surface area contributed by atoms with Crippen LogP contribution in [0, 0.1) is 16.0 Å². The zero-order valence-corrected chi connectivity index (χ0v) is 11.4. The number of carbonyl (C=O) groups excluding carboxylic acids is 1. The van der Waals surface area contributed by atoms with Crippen LogP contribution in [0.2, 0.25) is 0 Å². The van der Waals surface area contributed by atoms with Gasteiger partial charge in [-0.25, -0.2) is 8.78 Å². The van der Waals surface area contributed by atoms with E-state index in [9.17, 15) is 23.7 Å². The number of nitro groups is 1. The number of hydrogen-bond acceptors (Lipinski definition) is 5. The van der Waals surface area contributed by atoms with Gasteiger partial charge < -0.3 is 4.74 Å². The predicted molar refractivity (Wildman–Crippen MR) is 66.8 cm³/mol. The Kier molecular flexibility index (Phi) is 4.49. The smallest absolute Gasteiger partial charge is 0.316 e. The summed E-state index contributed by atoms with van der Waals surface area (Å²) < 4.78 is 31.4. The molecule has 0 bridgehead atoms. The SMILES string of the molecule is COC(=O)C1CCCC(n2cc([N+](=O)[O-])c(C(F)F)n2)C1. The van der Waals surface area contributed by atoms with Gasteiger partial charge in [0.25, 0.3) is 6.43 Å². The van der Waals surface area contributed by atoms with Gasteiger partial charge in [-0.15, -0.1) is 0 Å². The molecule has 116 valence electrons. The Morgan fingerprint density at radius 1 is 1.57 bits per heavy atom. The van der Waals surface area contributed by atoms with Crippen LogP contribution in [0.15, 0.2) is 6.20 Å². The monoisotopic (exact) mass is 303 g/mol. The highest BCUT2D eigenvalue weighted by molar-refractivity contribution is 5.72. The zero-order valence-electron chi connectivity index (χ0n) is 11.4. The molecule has 0 aromatic carbocycles. The van der Waals surface area contributed by atoms with Gasteiger partial charge in [-0.05, 0) is 19.3 Å². The number of alkyl halides is 2. The van der Waals surface area contributed by atoms with Gasteiger partial charge in [0.1, 0.15) is 6.20 Å². The molecule has 1 aromatic rings. The average Bonchev–Trinajstić information content (AvgIpc) is 2.92. The van der Waals surface area contributed by atoms with Crippen LogP contribution in [0.3, 0.4) is 0 Å². The van der Waals surface area contributed by atoms with E-state index < -0.39 is 22.7 Å². The summed E-state index contributed by atoms with van der Waals surface area (Å²) in [5.74, 6) is -0.678. The average molecular weight is 303 g/mol. The Morgan fingerprint density at radius 2 is 2.29 bits per heavy atom. The van der Waals surface area contributed by atoms with Crippen molar-refractivity contribution in [1.82, 2.24) is 9.78 Å². The molecule has 0 N–H and O–H groups in total. The van der Waals surface area contributed by atoms with Gasteiger partial charge in [-0.2, -0.15) is 5.10 Å². The highest BCUT2D eigenvalue weighted by Gasteiger charge is 2.33. The molecule has 2 rings (SSSR count). The van der Waals surface area contributed by atoms with Gasteiger partial charge in [0.15, 0.2) is 0 Å². The summed E-state index contributed by atoms with van der Waals surface area (Å²) in [7, 11) is 1.29. The van der Waals surface area contributed by atoms with Gasteiger partial charge in [0.05, 0.1) is 24.0 Å². The van der Waals surface area contributed by atoms with Gasteiger partial charge in [0.2, 0.25) is 5.69 Å². The maximum atomic E-state index is 12.8. The second-order valence-electron chi connectivity index (χ2n) is 4.98. The van der Waals surface area contributed by atoms with Crippen molar-refractivity contribution in [1.29, 1.82) is 0 Å². The molecule has 0 radical (unpaired) electrons. The Balaban J connectivity index is 2.23. The lowest BCUT2D eigenvalue weighted by atomic mass is 9.86. The van der Waals surface area contributed by atoms with E-state index in [1.807, 2.05) is 0 Å². The molecule has 1 saturated carbocycles. The Morgan fingerprint density at radius 3 is 2.81 bits per heavy atom. The standard InChI is InChI=1S/C12H15F2N3O4/c1-21-12(18)7-3-2-4-8(5-7)16-6-9(17(19)20)10(15-16)11(13)14/h6-8,11H,2-5H2,1H3. The summed E-state index contributed by atoms with van der Waals surface area (Å²) >= 11 is 0. The number of ether oxygens (including phenoxy) is 1. The molecule has 1 aliphatic rings. The van der Waals surface area contributed by atoms with Crippen molar-refractivity contribution in [2.45, 2.75) is 38.2 Å². The lowest BCUT2D eigenvalue weighted by molar-refractivity contribution is -0.386. The van der Waals surface area contributed by atoms with Crippen LogP contribution < -0.4 is 0 Å². The third-order valence-electron chi connectivity index (χ3n) is 3.70. The number of esters is 1. The molecule has 2 unspecified atom stereocenters. The summed E-state index contributed by atoms with van der Waals surface area (Å²) in [6, 6.07) is -0.311. The summed E-state index contributed by atoms with van der Waals surface area (Å²) in [4.78, 5) is 21.5. The maximum absolute atomic E-state index is 12.8. The van der Waals surface area contributed by atoms with E-state index in [2.05, 4.69) is 9.84 Å². The minimum absolute atomic E-state index is 0.311. The van der Waals surface area contributed by atoms with Gasteiger partial charge >= 0.3 is 11.7 Å². The molecule has 1 heterocycles. The van der Waals surface area contributed by atoms with Crippen molar-refractivity contribution < 1.29 is 23.2 Å². The van der Waals surface area contributed by atoms with E-state index in [1.54, 1.807) is 0 Å². The molecule has 9 heteroatoms. The van der Waals surface area contributed by atoms with Crippen LogP contribution in [0.1, 0.15) is 43.8 Å². The van der Waals surface area contributed by atoms with E-state index in [4.69, 9.17) is 0 Å². The van der Waals surface area contributed by atoms with Crippen LogP contribution in [0.25, 0.3) is 0 Å². The summed E-state index contributed by atoms with van der Waals surface area (Å²) in [5.41, 5.74) is -1.52. The third kappa shape index (κ3) is 3.17. The molecule has 1 aliphatic carbocycles. The molecule has 0 spiro atoms. The van der Waals surface area contributed by atoms with Gasteiger partial charge in [-0.3, -0.25) is 19.6 Å². The van der Waals surface area contributed by atoms with E-state index in [0.29, 0.717) is 25.7 Å². The van der Waals surface area contributed by atoms with Crippen molar-refractivity contribution in [2.24, 2.45) is 5.92 Å². The summed E-state index contributed by atoms with van der Waals surface area (Å²) in [6.45, 7) is 0. The van der Waals surface area contributed by atoms with E-state index >= 15 is 0 Å². The first kappa shape index (κ1) is 15.3. The van der Waals surface area contributed by atoms with E-state index in [-0.39, 0.29) is 17.9 Å². The fourth-order valence-electron chi connectivity index (χ4n) is 2.66. The minimum Gasteiger partial charge on any atom is -0.469 e. The normalized spacial score (nSPS) is 22.3.